The maximum Gasteiger partial charge on any atom is 0.331 e. The molecule has 0 radical (unpaired) electrons. The smallest absolute Gasteiger partial charge is 0.331 e. The number of aliphatic hydroxyl groups excluding tert-OH is 1. The van der Waals surface area contributed by atoms with Gasteiger partial charge in [-0.15, -0.1) is 0 Å². The highest BCUT2D eigenvalue weighted by Crippen LogP contribution is 2.23. The van der Waals surface area contributed by atoms with Crippen LogP contribution >= 0.6 is 0 Å². The average molecular weight is 841 g/mol. The van der Waals surface area contributed by atoms with E-state index in [0.717, 1.165) is 35.6 Å². The number of aliphatic hydroxyl groups is 1. The first-order valence-electron chi connectivity index (χ1n) is 20.5. The lowest BCUT2D eigenvalue weighted by molar-refractivity contribution is -0.149. The molecule has 332 valence electrons. The molecule has 0 bridgehead atoms. The van der Waals surface area contributed by atoms with Crippen molar-refractivity contribution in [3.05, 3.63) is 77.7 Å². The van der Waals surface area contributed by atoms with E-state index in [2.05, 4.69) is 16.1 Å². The van der Waals surface area contributed by atoms with Crippen LogP contribution in [0.15, 0.2) is 66.3 Å². The van der Waals surface area contributed by atoms with Crippen molar-refractivity contribution >= 4 is 35.4 Å². The van der Waals surface area contributed by atoms with Gasteiger partial charge in [0.25, 0.3) is 5.91 Å². The summed E-state index contributed by atoms with van der Waals surface area (Å²) in [5.41, 5.74) is 3.37. The van der Waals surface area contributed by atoms with Crippen LogP contribution in [0.4, 0.5) is 4.39 Å². The van der Waals surface area contributed by atoms with Crippen molar-refractivity contribution in [2.75, 3.05) is 6.54 Å². The van der Waals surface area contributed by atoms with Crippen LogP contribution in [0, 0.1) is 23.6 Å². The zero-order valence-electron chi connectivity index (χ0n) is 36.2. The van der Waals surface area contributed by atoms with Crippen LogP contribution in [0.25, 0.3) is 0 Å². The molecule has 2 rings (SSSR count). The second-order valence-corrected chi connectivity index (χ2v) is 16.8. The normalized spacial score (nSPS) is 17.7. The Hall–Kier alpha value is -5.15. The standard InChI is InChI=1S/C45H65FN4O10/c1-28(2)39(42(56)47-37(26-32-24-33(46)27-34(52)25-32)43(57)50-23-15-19-36(49-50)44(58)59)48-41(55)35(22-21-31(5)51)40(54)30(4)18-13-11-9-10-12-16-29(3)17-14-20-38(53)60-45(6,7)8/h9-11,13-14,17,20,24-25,27-28,30,35-37,39-40,49,52,54H,12,15-16,18-19,21-23,26H2,1-8H3,(H,47,56)(H,48,55)(H,58,59)/b10-9+,13-11+,20-14+,29-17+/t30-,35+,36?,37-,39-,40+/m0/s1. The van der Waals surface area contributed by atoms with Gasteiger partial charge >= 0.3 is 11.9 Å². The second kappa shape index (κ2) is 24.8. The van der Waals surface area contributed by atoms with E-state index < -0.39 is 88.8 Å². The number of carbonyl (C=O) groups excluding carboxylic acids is 5. The van der Waals surface area contributed by atoms with E-state index in [4.69, 9.17) is 4.74 Å². The fourth-order valence-corrected chi connectivity index (χ4v) is 6.47. The number of Topliss-reactive ketones (excluding diaryl/α,β-unsaturated/α-hetero) is 1. The van der Waals surface area contributed by atoms with Gasteiger partial charge in [0.15, 0.2) is 0 Å². The number of halogens is 1. The zero-order chi connectivity index (χ0) is 45.2. The first kappa shape index (κ1) is 51.0. The van der Waals surface area contributed by atoms with Gasteiger partial charge in [-0.3, -0.25) is 24.2 Å². The van der Waals surface area contributed by atoms with Crippen molar-refractivity contribution in [3.63, 3.8) is 0 Å². The molecule has 14 nitrogen and oxygen atoms in total. The molecule has 6 N–H and O–H groups in total. The first-order chi connectivity index (χ1) is 28.1. The number of aromatic hydroxyl groups is 1. The van der Waals surface area contributed by atoms with Gasteiger partial charge in [-0.25, -0.2) is 14.6 Å². The third kappa shape index (κ3) is 18.8. The maximum atomic E-state index is 14.2. The molecular weight excluding hydrogens is 776 g/mol. The van der Waals surface area contributed by atoms with Crippen LogP contribution in [0.3, 0.4) is 0 Å². The van der Waals surface area contributed by atoms with E-state index in [-0.39, 0.29) is 43.6 Å². The molecule has 1 heterocycles. The third-order valence-corrected chi connectivity index (χ3v) is 9.75. The van der Waals surface area contributed by atoms with Crippen LogP contribution in [0.5, 0.6) is 5.75 Å². The summed E-state index contributed by atoms with van der Waals surface area (Å²) in [6.45, 7) is 14.0. The molecule has 1 saturated heterocycles. The molecule has 1 unspecified atom stereocenters. The van der Waals surface area contributed by atoms with Gasteiger partial charge in [-0.05, 0) is 103 Å². The van der Waals surface area contributed by atoms with Crippen molar-refractivity contribution in [1.29, 1.82) is 0 Å². The molecule has 0 aliphatic carbocycles. The Morgan fingerprint density at radius 1 is 0.983 bits per heavy atom. The number of hydrazine groups is 1. The zero-order valence-corrected chi connectivity index (χ0v) is 36.2. The number of amides is 3. The Morgan fingerprint density at radius 2 is 1.67 bits per heavy atom. The highest BCUT2D eigenvalue weighted by atomic mass is 19.1. The molecule has 60 heavy (non-hydrogen) atoms. The monoisotopic (exact) mass is 840 g/mol. The summed E-state index contributed by atoms with van der Waals surface area (Å²) in [7, 11) is 0. The van der Waals surface area contributed by atoms with Crippen molar-refractivity contribution in [2.24, 2.45) is 17.8 Å². The van der Waals surface area contributed by atoms with E-state index in [1.54, 1.807) is 47.6 Å². The number of ether oxygens (including phenoxy) is 1. The number of esters is 1. The quantitative estimate of drug-likeness (QED) is 0.0495. The molecule has 6 atom stereocenters. The summed E-state index contributed by atoms with van der Waals surface area (Å²) < 4.78 is 19.5. The first-order valence-corrected chi connectivity index (χ1v) is 20.5. The average Bonchev–Trinajstić information content (AvgIpc) is 3.14. The van der Waals surface area contributed by atoms with E-state index in [1.807, 2.05) is 37.3 Å². The minimum Gasteiger partial charge on any atom is -0.508 e. The molecule has 1 aliphatic heterocycles. The number of benzene rings is 1. The number of nitrogens with one attached hydrogen (secondary N) is 3. The van der Waals surface area contributed by atoms with Crippen molar-refractivity contribution in [1.82, 2.24) is 21.1 Å². The number of aliphatic carboxylic acids is 1. The lowest BCUT2D eigenvalue weighted by Gasteiger charge is -2.35. The molecule has 0 aromatic heterocycles. The number of rotatable bonds is 22. The molecule has 1 fully saturated rings. The lowest BCUT2D eigenvalue weighted by atomic mass is 9.85. The summed E-state index contributed by atoms with van der Waals surface area (Å²) in [6, 6.07) is -0.377. The van der Waals surface area contributed by atoms with Gasteiger partial charge in [0.2, 0.25) is 11.8 Å². The summed E-state index contributed by atoms with van der Waals surface area (Å²) in [5, 5.41) is 37.5. The third-order valence-electron chi connectivity index (χ3n) is 9.75. The van der Waals surface area contributed by atoms with Gasteiger partial charge in [0.05, 0.1) is 12.0 Å². The van der Waals surface area contributed by atoms with Gasteiger partial charge < -0.3 is 35.5 Å². The van der Waals surface area contributed by atoms with E-state index in [9.17, 15) is 48.5 Å². The van der Waals surface area contributed by atoms with Gasteiger partial charge in [0.1, 0.15) is 41.1 Å². The fourth-order valence-electron chi connectivity index (χ4n) is 6.47. The fraction of sp³-hybridized carbons (Fsp3) is 0.556. The highest BCUT2D eigenvalue weighted by Gasteiger charge is 2.37. The van der Waals surface area contributed by atoms with Gasteiger partial charge in [-0.2, -0.15) is 0 Å². The summed E-state index contributed by atoms with van der Waals surface area (Å²) in [6.07, 6.45) is 13.7. The maximum absolute atomic E-state index is 14.2. The molecule has 0 saturated carbocycles. The SMILES string of the molecule is CC(=O)CC[C@@H](C(=O)N[C@H](C(=O)N[C@@H](Cc1cc(O)cc(F)c1)C(=O)N1CCCC(C(=O)O)N1)C(C)C)[C@H](O)[C@@H](C)C/C=C/C=C/CC/C(C)=C/C=C/C(=O)OC(C)(C)C. The molecule has 1 aromatic carbocycles. The Kier molecular flexibility index (Phi) is 21.1. The van der Waals surface area contributed by atoms with E-state index >= 15 is 0 Å². The number of carbonyl (C=O) groups is 6. The van der Waals surface area contributed by atoms with E-state index in [1.165, 1.54) is 19.1 Å². The van der Waals surface area contributed by atoms with Crippen molar-refractivity contribution < 1.29 is 53.2 Å². The van der Waals surface area contributed by atoms with Gasteiger partial charge in [0, 0.05) is 31.5 Å². The van der Waals surface area contributed by atoms with Crippen LogP contribution in [0.2, 0.25) is 0 Å². The lowest BCUT2D eigenvalue weighted by Crippen LogP contribution is -2.62. The second-order valence-electron chi connectivity index (χ2n) is 16.8. The van der Waals surface area contributed by atoms with Gasteiger partial charge in [-0.1, -0.05) is 62.8 Å². The van der Waals surface area contributed by atoms with Crippen LogP contribution in [-0.2, 0) is 39.9 Å². The number of hydrogen-bond donors (Lipinski definition) is 6. The van der Waals surface area contributed by atoms with Crippen molar-refractivity contribution in [3.8, 4) is 5.75 Å². The number of allylic oxidation sites excluding steroid dienone is 7. The summed E-state index contributed by atoms with van der Waals surface area (Å²) >= 11 is 0. The molecule has 1 aromatic rings. The minimum atomic E-state index is -1.36. The summed E-state index contributed by atoms with van der Waals surface area (Å²) in [4.78, 5) is 77.1. The van der Waals surface area contributed by atoms with Crippen LogP contribution in [0.1, 0.15) is 106 Å². The largest absolute Gasteiger partial charge is 0.508 e. The molecule has 0 spiro atoms. The predicted molar refractivity (Wildman–Crippen MR) is 225 cm³/mol. The number of phenols is 1. The molecule has 3 amide bonds. The van der Waals surface area contributed by atoms with Crippen LogP contribution < -0.4 is 16.1 Å². The molecule has 1 aliphatic rings. The summed E-state index contributed by atoms with van der Waals surface area (Å²) in [5.74, 6) is -7.00. The number of carboxylic acids is 1. The predicted octanol–water partition coefficient (Wildman–Crippen LogP) is 5.39. The Balaban J connectivity index is 2.15. The molecule has 15 heteroatoms. The number of nitrogens with zero attached hydrogens (tertiary/aromatic N) is 1. The number of hydrogen-bond acceptors (Lipinski definition) is 10. The highest BCUT2D eigenvalue weighted by molar-refractivity contribution is 5.93. The van der Waals surface area contributed by atoms with Crippen LogP contribution in [-0.4, -0.2) is 92.1 Å². The van der Waals surface area contributed by atoms with E-state index in [0.29, 0.717) is 12.8 Å². The Labute approximate surface area is 353 Å². The number of carboxylic acid groups (broad SMARTS) is 1. The molecular formula is C45H65FN4O10. The Bertz CT molecular complexity index is 1750. The Morgan fingerprint density at radius 3 is 2.28 bits per heavy atom. The topological polar surface area (TPSA) is 212 Å². The minimum absolute atomic E-state index is 0.0148. The number of ketones is 1. The van der Waals surface area contributed by atoms with Crippen molar-refractivity contribution in [2.45, 2.75) is 137 Å². The number of phenolic OH excluding ortho intramolecular Hbond substituents is 1.